The molecule has 22 heavy (non-hydrogen) atoms. The van der Waals surface area contributed by atoms with Crippen molar-refractivity contribution >= 4 is 34.8 Å². The highest BCUT2D eigenvalue weighted by atomic mass is 79.9. The van der Waals surface area contributed by atoms with Gasteiger partial charge in [0, 0.05) is 12.3 Å². The molecule has 0 radical (unpaired) electrons. The van der Waals surface area contributed by atoms with Gasteiger partial charge >= 0.3 is 0 Å². The van der Waals surface area contributed by atoms with E-state index in [9.17, 15) is 15.0 Å². The van der Waals surface area contributed by atoms with Crippen LogP contribution < -0.4 is 11.3 Å². The first-order valence-electron chi connectivity index (χ1n) is 6.96. The van der Waals surface area contributed by atoms with Crippen LogP contribution in [-0.4, -0.2) is 58.9 Å². The molecule has 0 bridgehead atoms. The molecule has 1 saturated heterocycles. The van der Waals surface area contributed by atoms with Crippen molar-refractivity contribution in [2.24, 2.45) is 0 Å². The second-order valence-corrected chi connectivity index (χ2v) is 11.5. The second kappa shape index (κ2) is 6.49. The zero-order valence-corrected chi connectivity index (χ0v) is 15.1. The van der Waals surface area contributed by atoms with Crippen LogP contribution in [-0.2, 0) is 4.74 Å². The number of hydrogen-bond acceptors (Lipinski definition) is 5. The van der Waals surface area contributed by atoms with Crippen LogP contribution in [0.15, 0.2) is 21.5 Å². The first-order chi connectivity index (χ1) is 10.1. The Labute approximate surface area is 138 Å². The summed E-state index contributed by atoms with van der Waals surface area (Å²) in [7, 11) is 0. The van der Waals surface area contributed by atoms with Gasteiger partial charge in [0.15, 0.2) is 6.23 Å². The molecule has 2 rings (SSSR count). The van der Waals surface area contributed by atoms with Crippen molar-refractivity contribution in [3.05, 3.63) is 27.1 Å². The van der Waals surface area contributed by atoms with Crippen molar-refractivity contribution in [2.75, 3.05) is 25.2 Å². The predicted octanol–water partition coefficient (Wildman–Crippen LogP) is 0.911. The quantitative estimate of drug-likeness (QED) is 0.661. The fourth-order valence-electron chi connectivity index (χ4n) is 2.41. The number of rotatable bonds is 4. The SMILES string of the molecule is C=P(C)(C)CC[C@H]1OC(n2cc(Br)c(N)cc2=O)[C@H](O)[C@@H]1O. The smallest absolute Gasteiger partial charge is 0.254 e. The Balaban J connectivity index is 2.22. The van der Waals surface area contributed by atoms with E-state index in [1.54, 1.807) is 0 Å². The largest absolute Gasteiger partial charge is 0.398 e. The third kappa shape index (κ3) is 3.84. The zero-order chi connectivity index (χ0) is 16.7. The molecule has 0 amide bonds. The number of anilines is 1. The lowest BCUT2D eigenvalue weighted by molar-refractivity contribution is -0.0395. The molecule has 4 atom stereocenters. The van der Waals surface area contributed by atoms with Crippen LogP contribution in [0.1, 0.15) is 12.6 Å². The van der Waals surface area contributed by atoms with E-state index in [1.807, 2.05) is 0 Å². The molecular weight excluding hydrogens is 371 g/mol. The minimum absolute atomic E-state index is 0.314. The van der Waals surface area contributed by atoms with Gasteiger partial charge in [-0.25, -0.2) is 0 Å². The van der Waals surface area contributed by atoms with Crippen LogP contribution in [0.3, 0.4) is 0 Å². The third-order valence-electron chi connectivity index (χ3n) is 3.69. The first kappa shape index (κ1) is 17.8. The number of ether oxygens (including phenoxy) is 1. The number of aromatic nitrogens is 1. The van der Waals surface area contributed by atoms with E-state index in [2.05, 4.69) is 35.6 Å². The third-order valence-corrected chi connectivity index (χ3v) is 5.82. The Hall–Kier alpha value is -0.590. The van der Waals surface area contributed by atoms with Crippen molar-refractivity contribution in [1.82, 2.24) is 4.57 Å². The average molecular weight is 393 g/mol. The minimum Gasteiger partial charge on any atom is -0.398 e. The fraction of sp³-hybridized carbons (Fsp3) is 0.571. The summed E-state index contributed by atoms with van der Waals surface area (Å²) in [6.45, 7) is 2.96. The first-order valence-corrected chi connectivity index (χ1v) is 10.8. The maximum absolute atomic E-state index is 12.0. The summed E-state index contributed by atoms with van der Waals surface area (Å²) in [6, 6.07) is 1.25. The van der Waals surface area contributed by atoms with E-state index in [0.717, 1.165) is 6.16 Å². The van der Waals surface area contributed by atoms with Crippen LogP contribution >= 0.6 is 22.8 Å². The Morgan fingerprint density at radius 1 is 1.45 bits per heavy atom. The zero-order valence-electron chi connectivity index (χ0n) is 12.6. The van der Waals surface area contributed by atoms with Gasteiger partial charge in [0.05, 0.1) is 16.3 Å². The molecule has 8 heteroatoms. The molecule has 0 saturated carbocycles. The molecule has 1 aromatic rings. The molecule has 0 spiro atoms. The van der Waals surface area contributed by atoms with Crippen molar-refractivity contribution in [1.29, 1.82) is 0 Å². The lowest BCUT2D eigenvalue weighted by Gasteiger charge is -2.19. The molecule has 6 nitrogen and oxygen atoms in total. The molecule has 2 heterocycles. The minimum atomic E-state index is -1.25. The van der Waals surface area contributed by atoms with E-state index < -0.39 is 31.4 Å². The standard InChI is InChI=1S/C14H22BrN2O4P/c1-22(2,3)5-4-10-12(19)13(20)14(21-10)17-7-8(15)9(16)6-11(17)18/h6-7,10,12-14,19-20H,1,4-5,16H2,2-3H3/t10-,12-,13-,14?/m1/s1. The summed E-state index contributed by atoms with van der Waals surface area (Å²) in [5.74, 6) is 0. The number of nitrogen functional groups attached to an aromatic ring is 1. The molecule has 1 aliphatic rings. The van der Waals surface area contributed by atoms with E-state index in [-0.39, 0.29) is 5.56 Å². The molecule has 1 aliphatic heterocycles. The van der Waals surface area contributed by atoms with E-state index >= 15 is 0 Å². The van der Waals surface area contributed by atoms with Gasteiger partial charge in [0.2, 0.25) is 0 Å². The maximum atomic E-state index is 12.0. The van der Waals surface area contributed by atoms with Gasteiger partial charge in [-0.15, -0.1) is 13.2 Å². The number of pyridine rings is 1. The van der Waals surface area contributed by atoms with Gasteiger partial charge in [-0.05, 0) is 41.8 Å². The Morgan fingerprint density at radius 2 is 2.09 bits per heavy atom. The number of halogens is 1. The van der Waals surface area contributed by atoms with Gasteiger partial charge in [-0.3, -0.25) is 9.36 Å². The Morgan fingerprint density at radius 3 is 2.68 bits per heavy atom. The summed E-state index contributed by atoms with van der Waals surface area (Å²) in [4.78, 5) is 12.0. The topological polar surface area (TPSA) is 97.7 Å². The fourth-order valence-corrected chi connectivity index (χ4v) is 3.70. The second-order valence-electron chi connectivity index (χ2n) is 6.32. The highest BCUT2D eigenvalue weighted by molar-refractivity contribution is 9.10. The molecule has 4 N–H and O–H groups in total. The molecule has 0 aromatic carbocycles. The lowest BCUT2D eigenvalue weighted by atomic mass is 10.1. The number of aliphatic hydroxyl groups is 2. The highest BCUT2D eigenvalue weighted by Crippen LogP contribution is 2.39. The van der Waals surface area contributed by atoms with Gasteiger partial charge in [0.1, 0.15) is 12.2 Å². The lowest BCUT2D eigenvalue weighted by Crippen LogP contribution is -2.34. The van der Waals surface area contributed by atoms with Gasteiger partial charge in [0.25, 0.3) is 5.56 Å². The number of hydrogen-bond donors (Lipinski definition) is 3. The molecule has 1 unspecified atom stereocenters. The van der Waals surface area contributed by atoms with Crippen LogP contribution in [0.4, 0.5) is 5.69 Å². The number of aliphatic hydroxyl groups excluding tert-OH is 2. The summed E-state index contributed by atoms with van der Waals surface area (Å²) in [5.41, 5.74) is 5.58. The van der Waals surface area contributed by atoms with Crippen molar-refractivity contribution < 1.29 is 14.9 Å². The van der Waals surface area contributed by atoms with Gasteiger partial charge in [-0.1, -0.05) is 0 Å². The Kier molecular flexibility index (Phi) is 5.24. The van der Waals surface area contributed by atoms with Gasteiger partial charge in [-0.2, -0.15) is 0 Å². The maximum Gasteiger partial charge on any atom is 0.254 e. The van der Waals surface area contributed by atoms with E-state index in [4.69, 9.17) is 10.5 Å². The molecular formula is C14H22BrN2O4P. The van der Waals surface area contributed by atoms with Crippen LogP contribution in [0.2, 0.25) is 0 Å². The van der Waals surface area contributed by atoms with Crippen molar-refractivity contribution in [3.8, 4) is 0 Å². The molecule has 0 aliphatic carbocycles. The normalized spacial score (nSPS) is 29.0. The predicted molar refractivity (Wildman–Crippen MR) is 94.1 cm³/mol. The summed E-state index contributed by atoms with van der Waals surface area (Å²) in [6.07, 6.45) is 3.42. The number of nitrogens with zero attached hydrogens (tertiary/aromatic N) is 1. The highest BCUT2D eigenvalue weighted by Gasteiger charge is 2.43. The average Bonchev–Trinajstić information content (AvgIpc) is 2.68. The van der Waals surface area contributed by atoms with Crippen LogP contribution in [0.25, 0.3) is 0 Å². The van der Waals surface area contributed by atoms with E-state index in [1.165, 1.54) is 16.8 Å². The summed E-state index contributed by atoms with van der Waals surface area (Å²) >= 11 is 3.25. The summed E-state index contributed by atoms with van der Waals surface area (Å²) in [5, 5.41) is 20.4. The number of nitrogens with two attached hydrogens (primary N) is 1. The van der Waals surface area contributed by atoms with Crippen LogP contribution in [0.5, 0.6) is 0 Å². The molecule has 1 aromatic heterocycles. The van der Waals surface area contributed by atoms with Crippen molar-refractivity contribution in [3.63, 3.8) is 0 Å². The van der Waals surface area contributed by atoms with Crippen LogP contribution in [0, 0.1) is 0 Å². The Bertz CT molecular complexity index is 657. The molecule has 124 valence electrons. The molecule has 1 fully saturated rings. The van der Waals surface area contributed by atoms with Gasteiger partial charge < -0.3 is 20.7 Å². The summed E-state index contributed by atoms with van der Waals surface area (Å²) < 4.78 is 7.52. The van der Waals surface area contributed by atoms with E-state index in [0.29, 0.717) is 16.6 Å². The monoisotopic (exact) mass is 392 g/mol. The van der Waals surface area contributed by atoms with Crippen molar-refractivity contribution in [2.45, 2.75) is 31.0 Å².